The molecule has 0 aliphatic heterocycles. The number of ether oxygens (including phenoxy) is 1. The van der Waals surface area contributed by atoms with Gasteiger partial charge in [0, 0.05) is 28.4 Å². The molecule has 0 fully saturated rings. The number of hydrogen-bond acceptors (Lipinski definition) is 4. The highest BCUT2D eigenvalue weighted by Crippen LogP contribution is 2.19. The van der Waals surface area contributed by atoms with Crippen molar-refractivity contribution < 1.29 is 13.9 Å². The summed E-state index contributed by atoms with van der Waals surface area (Å²) in [4.78, 5) is 12.3. The van der Waals surface area contributed by atoms with E-state index < -0.39 is 0 Å². The van der Waals surface area contributed by atoms with Crippen molar-refractivity contribution in [1.29, 1.82) is 0 Å². The number of halogens is 1. The maximum atomic E-state index is 12.3. The first-order valence-corrected chi connectivity index (χ1v) is 10.1. The molecule has 4 nitrogen and oxygen atoms in total. The second kappa shape index (κ2) is 10.1. The average Bonchev–Trinajstić information content (AvgIpc) is 3.21. The van der Waals surface area contributed by atoms with Crippen molar-refractivity contribution in [2.75, 3.05) is 12.3 Å². The molecule has 0 saturated carbocycles. The zero-order valence-electron chi connectivity index (χ0n) is 14.7. The molecule has 1 N–H and O–H groups in total. The number of nitrogens with one attached hydrogen (secondary N) is 1. The van der Waals surface area contributed by atoms with Crippen molar-refractivity contribution in [3.8, 4) is 5.75 Å². The molecule has 1 heterocycles. The number of furan rings is 1. The predicted octanol–water partition coefficient (Wildman–Crippen LogP) is 5.18. The van der Waals surface area contributed by atoms with E-state index in [1.165, 1.54) is 0 Å². The zero-order valence-corrected chi connectivity index (χ0v) is 16.3. The van der Waals surface area contributed by atoms with Crippen LogP contribution in [0.15, 0.2) is 71.3 Å². The fraction of sp³-hybridized carbons (Fsp3) is 0.190. The third kappa shape index (κ3) is 6.08. The van der Waals surface area contributed by atoms with E-state index in [0.29, 0.717) is 29.5 Å². The van der Waals surface area contributed by atoms with Crippen LogP contribution in [0.2, 0.25) is 5.02 Å². The molecule has 0 atom stereocenters. The minimum atomic E-state index is -0.114. The number of carbonyl (C=O) groups excluding carboxylic acids is 1. The summed E-state index contributed by atoms with van der Waals surface area (Å²) in [5, 5.41) is 3.59. The Morgan fingerprint density at radius 1 is 1.11 bits per heavy atom. The highest BCUT2D eigenvalue weighted by atomic mass is 35.5. The average molecular weight is 402 g/mol. The quantitative estimate of drug-likeness (QED) is 0.502. The number of amides is 1. The minimum absolute atomic E-state index is 0.114. The first-order chi connectivity index (χ1) is 13.2. The zero-order chi connectivity index (χ0) is 18.9. The largest absolute Gasteiger partial charge is 0.489 e. The Labute approximate surface area is 167 Å². The van der Waals surface area contributed by atoms with E-state index >= 15 is 0 Å². The van der Waals surface area contributed by atoms with Crippen LogP contribution in [-0.4, -0.2) is 18.2 Å². The normalized spacial score (nSPS) is 10.6. The van der Waals surface area contributed by atoms with E-state index in [1.807, 2.05) is 48.5 Å². The summed E-state index contributed by atoms with van der Waals surface area (Å²) in [6.07, 6.45) is 1.67. The molecule has 3 rings (SSSR count). The maximum Gasteiger partial charge on any atom is 0.251 e. The summed E-state index contributed by atoms with van der Waals surface area (Å²) in [5.74, 6) is 3.07. The van der Waals surface area contributed by atoms with E-state index in [2.05, 4.69) is 5.32 Å². The van der Waals surface area contributed by atoms with Gasteiger partial charge in [-0.1, -0.05) is 35.9 Å². The lowest BCUT2D eigenvalue weighted by Crippen LogP contribution is -2.25. The van der Waals surface area contributed by atoms with Gasteiger partial charge in [-0.15, -0.1) is 0 Å². The molecule has 0 aliphatic carbocycles. The summed E-state index contributed by atoms with van der Waals surface area (Å²) in [5.41, 5.74) is 1.48. The lowest BCUT2D eigenvalue weighted by atomic mass is 10.2. The summed E-state index contributed by atoms with van der Waals surface area (Å²) in [7, 11) is 0. The van der Waals surface area contributed by atoms with Crippen LogP contribution in [0.25, 0.3) is 0 Å². The van der Waals surface area contributed by atoms with Gasteiger partial charge < -0.3 is 14.5 Å². The number of thioether (sulfide) groups is 1. The molecule has 0 spiro atoms. The molecule has 6 heteroatoms. The van der Waals surface area contributed by atoms with Crippen molar-refractivity contribution in [3.05, 3.63) is 88.8 Å². The van der Waals surface area contributed by atoms with Crippen molar-refractivity contribution in [1.82, 2.24) is 5.32 Å². The molecule has 0 bridgehead atoms. The summed E-state index contributed by atoms with van der Waals surface area (Å²) in [6, 6.07) is 18.5. The van der Waals surface area contributed by atoms with Crippen LogP contribution in [0.4, 0.5) is 0 Å². The van der Waals surface area contributed by atoms with E-state index in [0.717, 1.165) is 22.8 Å². The van der Waals surface area contributed by atoms with Gasteiger partial charge in [-0.25, -0.2) is 0 Å². The Bertz CT molecular complexity index is 867. The molecule has 0 radical (unpaired) electrons. The molecule has 1 aromatic heterocycles. The van der Waals surface area contributed by atoms with Crippen LogP contribution in [-0.2, 0) is 12.4 Å². The minimum Gasteiger partial charge on any atom is -0.489 e. The molecule has 140 valence electrons. The number of carbonyl (C=O) groups is 1. The molecule has 0 aliphatic rings. The van der Waals surface area contributed by atoms with Gasteiger partial charge in [0.15, 0.2) is 0 Å². The highest BCUT2D eigenvalue weighted by molar-refractivity contribution is 7.98. The Hall–Kier alpha value is -2.37. The molecule has 27 heavy (non-hydrogen) atoms. The number of benzene rings is 2. The van der Waals surface area contributed by atoms with Gasteiger partial charge in [0.2, 0.25) is 0 Å². The van der Waals surface area contributed by atoms with Gasteiger partial charge >= 0.3 is 0 Å². The van der Waals surface area contributed by atoms with Crippen LogP contribution in [0.1, 0.15) is 21.7 Å². The highest BCUT2D eigenvalue weighted by Gasteiger charge is 2.07. The second-order valence-electron chi connectivity index (χ2n) is 5.80. The Morgan fingerprint density at radius 3 is 2.81 bits per heavy atom. The lowest BCUT2D eigenvalue weighted by molar-refractivity contribution is 0.0955. The van der Waals surface area contributed by atoms with Gasteiger partial charge in [0.05, 0.1) is 12.0 Å². The first kappa shape index (κ1) is 19.4. The van der Waals surface area contributed by atoms with E-state index in [9.17, 15) is 4.79 Å². The third-order valence-electron chi connectivity index (χ3n) is 3.80. The van der Waals surface area contributed by atoms with E-state index in [4.69, 9.17) is 20.8 Å². The molecule has 0 saturated heterocycles. The van der Waals surface area contributed by atoms with Gasteiger partial charge in [-0.05, 0) is 36.4 Å². The van der Waals surface area contributed by atoms with Crippen LogP contribution >= 0.6 is 23.4 Å². The van der Waals surface area contributed by atoms with Crippen molar-refractivity contribution in [2.45, 2.75) is 12.4 Å². The molecular formula is C21H20ClNO3S. The topological polar surface area (TPSA) is 51.5 Å². The fourth-order valence-electron chi connectivity index (χ4n) is 2.41. The Balaban J connectivity index is 1.44. The van der Waals surface area contributed by atoms with Crippen LogP contribution in [0, 0.1) is 0 Å². The van der Waals surface area contributed by atoms with Crippen LogP contribution < -0.4 is 10.1 Å². The van der Waals surface area contributed by atoms with Crippen molar-refractivity contribution in [2.24, 2.45) is 0 Å². The van der Waals surface area contributed by atoms with Gasteiger partial charge in [0.25, 0.3) is 5.91 Å². The van der Waals surface area contributed by atoms with Crippen LogP contribution in [0.5, 0.6) is 5.75 Å². The van der Waals surface area contributed by atoms with Gasteiger partial charge in [-0.2, -0.15) is 11.8 Å². The maximum absolute atomic E-state index is 12.3. The molecule has 3 aromatic rings. The van der Waals surface area contributed by atoms with E-state index in [-0.39, 0.29) is 5.91 Å². The van der Waals surface area contributed by atoms with Crippen molar-refractivity contribution >= 4 is 29.3 Å². The van der Waals surface area contributed by atoms with Crippen LogP contribution in [0.3, 0.4) is 0 Å². The fourth-order valence-corrected chi connectivity index (χ4v) is 3.36. The van der Waals surface area contributed by atoms with Gasteiger partial charge in [-0.3, -0.25) is 4.79 Å². The summed E-state index contributed by atoms with van der Waals surface area (Å²) < 4.78 is 11.0. The van der Waals surface area contributed by atoms with E-state index in [1.54, 1.807) is 30.2 Å². The monoisotopic (exact) mass is 401 g/mol. The standard InChI is InChI=1S/C21H20ClNO3S/c22-20-9-2-1-5-17(20)14-26-18-7-3-6-16(13-18)21(24)23-10-12-27-15-19-8-4-11-25-19/h1-9,11,13H,10,12,14-15H2,(H,23,24). The predicted molar refractivity (Wildman–Crippen MR) is 109 cm³/mol. The molecular weight excluding hydrogens is 382 g/mol. The molecule has 0 unspecified atom stereocenters. The second-order valence-corrected chi connectivity index (χ2v) is 7.31. The first-order valence-electron chi connectivity index (χ1n) is 8.57. The Kier molecular flexibility index (Phi) is 7.25. The molecule has 2 aromatic carbocycles. The third-order valence-corrected chi connectivity index (χ3v) is 5.15. The number of rotatable bonds is 9. The smallest absolute Gasteiger partial charge is 0.251 e. The van der Waals surface area contributed by atoms with Gasteiger partial charge in [0.1, 0.15) is 18.1 Å². The molecule has 1 amide bonds. The Morgan fingerprint density at radius 2 is 2.00 bits per heavy atom. The lowest BCUT2D eigenvalue weighted by Gasteiger charge is -2.09. The van der Waals surface area contributed by atoms with Crippen molar-refractivity contribution in [3.63, 3.8) is 0 Å². The summed E-state index contributed by atoms with van der Waals surface area (Å²) in [6.45, 7) is 0.948. The SMILES string of the molecule is O=C(NCCSCc1ccco1)c1cccc(OCc2ccccc2Cl)c1. The number of hydrogen-bond donors (Lipinski definition) is 1. The summed E-state index contributed by atoms with van der Waals surface area (Å²) >= 11 is 7.85.